The second-order valence-corrected chi connectivity index (χ2v) is 5.31. The standard InChI is InChI=1S/C17H19NO/c19-17(11-12-17)18(13-15-7-3-1-4-8-15)14-16-9-5-2-6-10-16/h1-10,19H,11-14H2. The van der Waals surface area contributed by atoms with Gasteiger partial charge in [0.05, 0.1) is 0 Å². The van der Waals surface area contributed by atoms with Crippen LogP contribution in [-0.2, 0) is 13.1 Å². The van der Waals surface area contributed by atoms with Crippen LogP contribution in [-0.4, -0.2) is 15.7 Å². The van der Waals surface area contributed by atoms with E-state index in [1.54, 1.807) is 0 Å². The minimum absolute atomic E-state index is 0.592. The first-order valence-electron chi connectivity index (χ1n) is 6.82. The lowest BCUT2D eigenvalue weighted by Crippen LogP contribution is -2.36. The summed E-state index contributed by atoms with van der Waals surface area (Å²) in [6.07, 6.45) is 1.76. The van der Waals surface area contributed by atoms with Crippen LogP contribution in [0.25, 0.3) is 0 Å². The zero-order valence-electron chi connectivity index (χ0n) is 11.0. The van der Waals surface area contributed by atoms with Gasteiger partial charge in [-0.1, -0.05) is 60.7 Å². The summed E-state index contributed by atoms with van der Waals surface area (Å²) in [5.41, 5.74) is 1.91. The van der Waals surface area contributed by atoms with Crippen LogP contribution in [0.3, 0.4) is 0 Å². The van der Waals surface area contributed by atoms with E-state index < -0.39 is 5.72 Å². The highest BCUT2D eigenvalue weighted by Crippen LogP contribution is 2.40. The summed E-state index contributed by atoms with van der Waals surface area (Å²) in [7, 11) is 0. The minimum Gasteiger partial charge on any atom is -0.376 e. The van der Waals surface area contributed by atoms with Crippen LogP contribution in [0, 0.1) is 0 Å². The molecule has 3 rings (SSSR count). The van der Waals surface area contributed by atoms with Gasteiger partial charge in [-0.25, -0.2) is 0 Å². The van der Waals surface area contributed by atoms with Crippen molar-refractivity contribution >= 4 is 0 Å². The van der Waals surface area contributed by atoms with Gasteiger partial charge in [0.1, 0.15) is 5.72 Å². The van der Waals surface area contributed by atoms with Gasteiger partial charge in [-0.15, -0.1) is 0 Å². The van der Waals surface area contributed by atoms with E-state index in [1.165, 1.54) is 11.1 Å². The first-order chi connectivity index (χ1) is 9.26. The van der Waals surface area contributed by atoms with Crippen molar-refractivity contribution in [1.82, 2.24) is 4.90 Å². The third kappa shape index (κ3) is 3.03. The number of nitrogens with zero attached hydrogens (tertiary/aromatic N) is 1. The molecule has 98 valence electrons. The molecule has 0 radical (unpaired) electrons. The Morgan fingerprint density at radius 1 is 0.789 bits per heavy atom. The molecule has 1 aliphatic rings. The Bertz CT molecular complexity index is 478. The lowest BCUT2D eigenvalue weighted by Gasteiger charge is -2.28. The SMILES string of the molecule is OC1(N(Cc2ccccc2)Cc2ccccc2)CC1. The van der Waals surface area contributed by atoms with Crippen molar-refractivity contribution in [3.05, 3.63) is 71.8 Å². The molecule has 2 heteroatoms. The number of hydrogen-bond donors (Lipinski definition) is 1. The van der Waals surface area contributed by atoms with Gasteiger partial charge in [0.25, 0.3) is 0 Å². The third-order valence-corrected chi connectivity index (χ3v) is 3.72. The van der Waals surface area contributed by atoms with Gasteiger partial charge in [0, 0.05) is 13.1 Å². The Labute approximate surface area is 114 Å². The van der Waals surface area contributed by atoms with Crippen molar-refractivity contribution in [2.45, 2.75) is 31.7 Å². The molecule has 1 N–H and O–H groups in total. The van der Waals surface area contributed by atoms with Crippen molar-refractivity contribution < 1.29 is 5.11 Å². The summed E-state index contributed by atoms with van der Waals surface area (Å²) in [4.78, 5) is 2.18. The first-order valence-corrected chi connectivity index (χ1v) is 6.82. The highest BCUT2D eigenvalue weighted by molar-refractivity contribution is 5.18. The molecule has 0 unspecified atom stereocenters. The molecule has 1 aliphatic carbocycles. The fourth-order valence-corrected chi connectivity index (χ4v) is 2.39. The highest BCUT2D eigenvalue weighted by Gasteiger charge is 2.45. The van der Waals surface area contributed by atoms with E-state index in [9.17, 15) is 5.11 Å². The van der Waals surface area contributed by atoms with E-state index in [-0.39, 0.29) is 0 Å². The lowest BCUT2D eigenvalue weighted by molar-refractivity contribution is -0.0336. The Morgan fingerprint density at radius 2 is 1.21 bits per heavy atom. The average Bonchev–Trinajstić information content (AvgIpc) is 3.20. The van der Waals surface area contributed by atoms with Gasteiger partial charge >= 0.3 is 0 Å². The number of rotatable bonds is 5. The van der Waals surface area contributed by atoms with Gasteiger partial charge < -0.3 is 5.11 Å². The van der Waals surface area contributed by atoms with E-state index in [4.69, 9.17) is 0 Å². The normalized spacial score (nSPS) is 16.5. The Hall–Kier alpha value is -1.64. The molecule has 0 atom stereocenters. The summed E-state index contributed by atoms with van der Waals surface area (Å²) < 4.78 is 0. The monoisotopic (exact) mass is 253 g/mol. The quantitative estimate of drug-likeness (QED) is 0.827. The molecule has 0 aliphatic heterocycles. The van der Waals surface area contributed by atoms with Crippen LogP contribution in [0.5, 0.6) is 0 Å². The van der Waals surface area contributed by atoms with Gasteiger partial charge in [0.15, 0.2) is 0 Å². The molecule has 2 aromatic rings. The van der Waals surface area contributed by atoms with E-state index in [2.05, 4.69) is 29.2 Å². The Balaban J connectivity index is 1.75. The molecule has 0 bridgehead atoms. The van der Waals surface area contributed by atoms with E-state index in [1.807, 2.05) is 36.4 Å². The summed E-state index contributed by atoms with van der Waals surface area (Å²) in [5, 5.41) is 10.4. The molecule has 0 spiro atoms. The van der Waals surface area contributed by atoms with Crippen molar-refractivity contribution in [3.63, 3.8) is 0 Å². The predicted molar refractivity (Wildman–Crippen MR) is 76.3 cm³/mol. The largest absolute Gasteiger partial charge is 0.376 e. The maximum Gasteiger partial charge on any atom is 0.119 e. The summed E-state index contributed by atoms with van der Waals surface area (Å²) >= 11 is 0. The number of benzene rings is 2. The van der Waals surface area contributed by atoms with E-state index in [0.29, 0.717) is 0 Å². The second kappa shape index (κ2) is 5.16. The summed E-state index contributed by atoms with van der Waals surface area (Å²) in [5.74, 6) is 0. The van der Waals surface area contributed by atoms with Crippen LogP contribution in [0.2, 0.25) is 0 Å². The fraction of sp³-hybridized carbons (Fsp3) is 0.294. The fourth-order valence-electron chi connectivity index (χ4n) is 2.39. The van der Waals surface area contributed by atoms with Crippen molar-refractivity contribution in [2.24, 2.45) is 0 Å². The molecule has 2 nitrogen and oxygen atoms in total. The van der Waals surface area contributed by atoms with Gasteiger partial charge in [-0.2, -0.15) is 0 Å². The average molecular weight is 253 g/mol. The number of hydrogen-bond acceptors (Lipinski definition) is 2. The van der Waals surface area contributed by atoms with Crippen molar-refractivity contribution in [1.29, 1.82) is 0 Å². The molecule has 19 heavy (non-hydrogen) atoms. The molecule has 0 amide bonds. The maximum absolute atomic E-state index is 10.4. The Morgan fingerprint density at radius 3 is 1.58 bits per heavy atom. The molecule has 0 heterocycles. The predicted octanol–water partition coefficient (Wildman–Crippen LogP) is 3.17. The van der Waals surface area contributed by atoms with E-state index >= 15 is 0 Å². The summed E-state index contributed by atoms with van der Waals surface area (Å²) in [6.45, 7) is 1.60. The summed E-state index contributed by atoms with van der Waals surface area (Å²) in [6, 6.07) is 20.7. The zero-order chi connectivity index (χ0) is 13.1. The van der Waals surface area contributed by atoms with Crippen LogP contribution < -0.4 is 0 Å². The molecule has 0 aromatic heterocycles. The Kier molecular flexibility index (Phi) is 3.36. The van der Waals surface area contributed by atoms with Gasteiger partial charge in [-0.3, -0.25) is 4.90 Å². The molecule has 0 saturated heterocycles. The zero-order valence-corrected chi connectivity index (χ0v) is 11.0. The van der Waals surface area contributed by atoms with Crippen LogP contribution in [0.1, 0.15) is 24.0 Å². The van der Waals surface area contributed by atoms with Crippen LogP contribution in [0.4, 0.5) is 0 Å². The minimum atomic E-state index is -0.592. The maximum atomic E-state index is 10.4. The number of aliphatic hydroxyl groups is 1. The van der Waals surface area contributed by atoms with E-state index in [0.717, 1.165) is 25.9 Å². The van der Waals surface area contributed by atoms with Crippen LogP contribution >= 0.6 is 0 Å². The topological polar surface area (TPSA) is 23.5 Å². The van der Waals surface area contributed by atoms with Gasteiger partial charge in [-0.05, 0) is 24.0 Å². The molecular weight excluding hydrogens is 234 g/mol. The third-order valence-electron chi connectivity index (χ3n) is 3.72. The smallest absolute Gasteiger partial charge is 0.119 e. The molecule has 1 saturated carbocycles. The highest BCUT2D eigenvalue weighted by atomic mass is 16.3. The molecule has 1 fully saturated rings. The van der Waals surface area contributed by atoms with Crippen molar-refractivity contribution in [3.8, 4) is 0 Å². The van der Waals surface area contributed by atoms with Gasteiger partial charge in [0.2, 0.25) is 0 Å². The first kappa shape index (κ1) is 12.4. The van der Waals surface area contributed by atoms with Crippen LogP contribution in [0.15, 0.2) is 60.7 Å². The molecule has 2 aromatic carbocycles. The van der Waals surface area contributed by atoms with Crippen molar-refractivity contribution in [2.75, 3.05) is 0 Å². The molecular formula is C17H19NO. The second-order valence-electron chi connectivity index (χ2n) is 5.31. The lowest BCUT2D eigenvalue weighted by atomic mass is 10.1.